The van der Waals surface area contributed by atoms with E-state index in [1.54, 1.807) is 34.8 Å². The van der Waals surface area contributed by atoms with Crippen molar-refractivity contribution in [3.63, 3.8) is 0 Å². The van der Waals surface area contributed by atoms with Gasteiger partial charge in [-0.2, -0.15) is 0 Å². The highest BCUT2D eigenvalue weighted by atomic mass is 16.7. The lowest BCUT2D eigenvalue weighted by atomic mass is 9.76. The van der Waals surface area contributed by atoms with E-state index in [2.05, 4.69) is 0 Å². The van der Waals surface area contributed by atoms with Gasteiger partial charge in [-0.1, -0.05) is 13.8 Å². The molecule has 0 aromatic rings. The molecule has 0 radical (unpaired) electrons. The molecule has 1 unspecified atom stereocenters. The van der Waals surface area contributed by atoms with Gasteiger partial charge in [0, 0.05) is 32.6 Å². The van der Waals surface area contributed by atoms with E-state index in [-0.39, 0.29) is 38.1 Å². The maximum atomic E-state index is 14.0. The number of likely N-dealkylation sites (N-methyl/N-ethyl adjacent to an activating group) is 1. The first-order valence-electron chi connectivity index (χ1n) is 18.3. The van der Waals surface area contributed by atoms with Crippen molar-refractivity contribution in [2.75, 3.05) is 41.5 Å². The molecule has 4 fully saturated rings. The van der Waals surface area contributed by atoms with Crippen LogP contribution in [-0.2, 0) is 42.7 Å². The molecule has 0 aromatic carbocycles. The highest BCUT2D eigenvalue weighted by molar-refractivity contribution is 5.73. The van der Waals surface area contributed by atoms with Crippen molar-refractivity contribution in [1.29, 1.82) is 0 Å². The van der Waals surface area contributed by atoms with Gasteiger partial charge in [0.05, 0.1) is 60.2 Å². The Bertz CT molecular complexity index is 1180. The van der Waals surface area contributed by atoms with Crippen LogP contribution in [0.1, 0.15) is 74.7 Å². The van der Waals surface area contributed by atoms with E-state index in [9.17, 15) is 24.9 Å². The summed E-state index contributed by atoms with van der Waals surface area (Å²) in [6, 6.07) is -0.933. The lowest BCUT2D eigenvalue weighted by Crippen LogP contribution is -2.61. The predicted molar refractivity (Wildman–Crippen MR) is 183 cm³/mol. The molecule has 0 aromatic heterocycles. The van der Waals surface area contributed by atoms with Crippen molar-refractivity contribution in [3.8, 4) is 0 Å². The zero-order chi connectivity index (χ0) is 38.2. The van der Waals surface area contributed by atoms with Gasteiger partial charge in [0.15, 0.2) is 18.7 Å². The Morgan fingerprint density at radius 2 is 1.53 bits per heavy atom. The molecule has 4 rings (SSSR count). The Hall–Kier alpha value is -1.66. The van der Waals surface area contributed by atoms with E-state index in [4.69, 9.17) is 37.9 Å². The van der Waals surface area contributed by atoms with E-state index in [1.807, 2.05) is 46.7 Å². The number of aliphatic hydroxyl groups excluding tert-OH is 3. The van der Waals surface area contributed by atoms with E-state index in [0.29, 0.717) is 6.42 Å². The van der Waals surface area contributed by atoms with Crippen LogP contribution in [0.2, 0.25) is 0 Å². The van der Waals surface area contributed by atoms with E-state index < -0.39 is 102 Å². The van der Waals surface area contributed by atoms with E-state index in [1.165, 1.54) is 12.0 Å². The van der Waals surface area contributed by atoms with Crippen LogP contribution in [0.4, 0.5) is 4.79 Å². The average molecular weight is 733 g/mol. The van der Waals surface area contributed by atoms with Crippen LogP contribution < -0.4 is 0 Å². The van der Waals surface area contributed by atoms with Crippen LogP contribution in [0.3, 0.4) is 0 Å². The maximum absolute atomic E-state index is 14.0. The number of nitrogens with zero attached hydrogens (tertiary/aromatic N) is 2. The van der Waals surface area contributed by atoms with Crippen molar-refractivity contribution >= 4 is 12.1 Å². The fraction of sp³-hybridized carbons (Fsp3) is 0.944. The molecule has 4 aliphatic heterocycles. The predicted octanol–water partition coefficient (Wildman–Crippen LogP) is 1.91. The summed E-state index contributed by atoms with van der Waals surface area (Å²) in [4.78, 5) is 30.3. The molecule has 17 atom stereocenters. The first-order chi connectivity index (χ1) is 23.8. The minimum atomic E-state index is -1.16. The van der Waals surface area contributed by atoms with E-state index >= 15 is 0 Å². The summed E-state index contributed by atoms with van der Waals surface area (Å²) in [7, 11) is 6.86. The summed E-state index contributed by atoms with van der Waals surface area (Å²) < 4.78 is 49.4. The van der Waals surface area contributed by atoms with Gasteiger partial charge in [-0.3, -0.25) is 9.69 Å². The average Bonchev–Trinajstić information content (AvgIpc) is 3.08. The quantitative estimate of drug-likeness (QED) is 0.324. The Balaban J connectivity index is 1.81. The van der Waals surface area contributed by atoms with E-state index in [0.717, 1.165) is 0 Å². The second-order valence-electron chi connectivity index (χ2n) is 16.0. The van der Waals surface area contributed by atoms with Crippen LogP contribution in [0, 0.1) is 17.8 Å². The van der Waals surface area contributed by atoms with Crippen molar-refractivity contribution < 1.29 is 62.8 Å². The summed E-state index contributed by atoms with van der Waals surface area (Å²) >= 11 is 0. The highest BCUT2D eigenvalue weighted by Crippen LogP contribution is 2.41. The fourth-order valence-electron chi connectivity index (χ4n) is 8.40. The second-order valence-corrected chi connectivity index (χ2v) is 16.0. The molecular weight excluding hydrogens is 668 g/mol. The largest absolute Gasteiger partial charge is 0.457 e. The molecule has 4 heterocycles. The third-order valence-corrected chi connectivity index (χ3v) is 11.9. The highest BCUT2D eigenvalue weighted by Gasteiger charge is 2.53. The summed E-state index contributed by atoms with van der Waals surface area (Å²) in [5, 5.41) is 34.1. The third-order valence-electron chi connectivity index (χ3n) is 11.9. The summed E-state index contributed by atoms with van der Waals surface area (Å²) in [6.07, 6.45) is -8.03. The molecule has 2 bridgehead atoms. The molecule has 4 saturated heterocycles. The van der Waals surface area contributed by atoms with Crippen LogP contribution in [0.25, 0.3) is 0 Å². The number of hydrogen-bond acceptors (Lipinski definition) is 14. The minimum absolute atomic E-state index is 0.0477. The number of esters is 1. The van der Waals surface area contributed by atoms with Gasteiger partial charge in [0.25, 0.3) is 0 Å². The Kier molecular flexibility index (Phi) is 13.9. The van der Waals surface area contributed by atoms with Crippen molar-refractivity contribution in [3.05, 3.63) is 0 Å². The number of fused-ring (bicyclic) bond motifs is 2. The number of aliphatic hydroxyl groups is 3. The van der Waals surface area contributed by atoms with Crippen LogP contribution in [0.15, 0.2) is 0 Å². The second kappa shape index (κ2) is 16.8. The molecule has 0 saturated carbocycles. The number of hydrogen-bond donors (Lipinski definition) is 3. The molecule has 51 heavy (non-hydrogen) atoms. The van der Waals surface area contributed by atoms with Crippen LogP contribution >= 0.6 is 0 Å². The van der Waals surface area contributed by atoms with Gasteiger partial charge in [-0.25, -0.2) is 4.79 Å². The number of carbonyl (C=O) groups excluding carboxylic acids is 2. The molecule has 4 aliphatic rings. The zero-order valence-corrected chi connectivity index (χ0v) is 32.5. The van der Waals surface area contributed by atoms with Crippen LogP contribution in [-0.4, -0.2) is 163 Å². The lowest BCUT2D eigenvalue weighted by Gasteiger charge is -2.50. The van der Waals surface area contributed by atoms with Crippen LogP contribution in [0.5, 0.6) is 0 Å². The summed E-state index contributed by atoms with van der Waals surface area (Å²) in [5.41, 5.74) is -2.15. The molecular formula is C36H64N2O13. The monoisotopic (exact) mass is 732 g/mol. The Labute approximate surface area is 303 Å². The maximum Gasteiger partial charge on any atom is 0.410 e. The topological polar surface area (TPSA) is 175 Å². The molecule has 296 valence electrons. The smallest absolute Gasteiger partial charge is 0.410 e. The molecule has 15 nitrogen and oxygen atoms in total. The molecule has 3 N–H and O–H groups in total. The fourth-order valence-corrected chi connectivity index (χ4v) is 8.40. The zero-order valence-electron chi connectivity index (χ0n) is 32.5. The minimum Gasteiger partial charge on any atom is -0.457 e. The number of amides is 1. The Morgan fingerprint density at radius 1 is 0.882 bits per heavy atom. The normalized spacial score (nSPS) is 47.8. The number of cyclic esters (lactones) is 1. The van der Waals surface area contributed by atoms with Gasteiger partial charge >= 0.3 is 12.1 Å². The standard InChI is InChI=1S/C36H64N2O13/c1-18-14-36(8,45-12)31(51-33-28(40)25(37(9)10)13-19(2)47-33)20(3)29(50-26-15-35(7,44-11)30(41)23(6)48-26)21(4)32(42)49-24-16-38(22(5)27(18)39)34(43)46-17-24/h18-31,33,39-41H,13-17H2,1-12H3/t18?,19-,20+,21-,22+,23+,24+,25+,26+,27+,28-,29+,30+,31-,33+,35-,36+/m1/s1. The first-order valence-corrected chi connectivity index (χ1v) is 18.3. The van der Waals surface area contributed by atoms with Crippen molar-refractivity contribution in [2.45, 2.75) is 159 Å². The van der Waals surface area contributed by atoms with Gasteiger partial charge in [-0.15, -0.1) is 0 Å². The summed E-state index contributed by atoms with van der Waals surface area (Å²) in [6.45, 7) is 14.4. The van der Waals surface area contributed by atoms with Gasteiger partial charge in [0.1, 0.15) is 18.8 Å². The molecule has 0 aliphatic carbocycles. The number of carbonyl (C=O) groups is 2. The molecule has 15 heteroatoms. The van der Waals surface area contributed by atoms with Crippen molar-refractivity contribution in [1.82, 2.24) is 9.80 Å². The number of methoxy groups -OCH3 is 2. The SMILES string of the molecule is CO[C@]1(C)C[C@H](O[C@H]2[C@H](C)[C@@H](O[C@@H]3O[C@H](C)C[C@H](N(C)C)[C@H]3O)[C@@](C)(OC)CC(C)[C@H](O)[C@H](C)N3C[C@@H](COC3=O)OC(=O)[C@@H]2C)O[C@@H](C)[C@@H]1O. The lowest BCUT2D eigenvalue weighted by molar-refractivity contribution is -0.319. The first kappa shape index (κ1) is 42.1. The molecule has 1 amide bonds. The number of ether oxygens (including phenoxy) is 8. The van der Waals surface area contributed by atoms with Gasteiger partial charge in [0.2, 0.25) is 0 Å². The summed E-state index contributed by atoms with van der Waals surface area (Å²) in [5.74, 6) is -2.59. The molecule has 0 spiro atoms. The van der Waals surface area contributed by atoms with Gasteiger partial charge in [-0.05, 0) is 74.4 Å². The number of rotatable bonds is 7. The van der Waals surface area contributed by atoms with Gasteiger partial charge < -0.3 is 58.1 Å². The Morgan fingerprint density at radius 3 is 2.14 bits per heavy atom. The van der Waals surface area contributed by atoms with Crippen molar-refractivity contribution in [2.24, 2.45) is 17.8 Å². The third kappa shape index (κ3) is 9.01.